The van der Waals surface area contributed by atoms with Gasteiger partial charge in [0.05, 0.1) is 0 Å². The van der Waals surface area contributed by atoms with Gasteiger partial charge in [0.25, 0.3) is 5.91 Å². The van der Waals surface area contributed by atoms with Gasteiger partial charge in [-0.15, -0.1) is 0 Å². The van der Waals surface area contributed by atoms with E-state index in [-0.39, 0.29) is 22.2 Å². The van der Waals surface area contributed by atoms with Gasteiger partial charge in [0.2, 0.25) is 15.0 Å². The number of aromatic nitrogens is 2. The molecular weight excluding hydrogens is 290 g/mol. The summed E-state index contributed by atoms with van der Waals surface area (Å²) in [5, 5.41) is 2.56. The predicted octanol–water partition coefficient (Wildman–Crippen LogP) is 1.35. The zero-order valence-electron chi connectivity index (χ0n) is 12.8. The lowest BCUT2D eigenvalue weighted by Crippen LogP contribution is -2.33. The highest BCUT2D eigenvalue weighted by Crippen LogP contribution is 2.51. The molecule has 0 aliphatic heterocycles. The second-order valence-electron chi connectivity index (χ2n) is 6.16. The van der Waals surface area contributed by atoms with E-state index in [2.05, 4.69) is 29.1 Å². The first-order valence-electron chi connectivity index (χ1n) is 6.98. The van der Waals surface area contributed by atoms with Crippen molar-refractivity contribution in [1.29, 1.82) is 0 Å². The molecule has 7 heteroatoms. The highest BCUT2D eigenvalue weighted by atomic mass is 32.2. The summed E-state index contributed by atoms with van der Waals surface area (Å²) in [4.78, 5) is 19.9. The van der Waals surface area contributed by atoms with Gasteiger partial charge in [-0.05, 0) is 36.7 Å². The molecule has 0 radical (unpaired) electrons. The molecule has 21 heavy (non-hydrogen) atoms. The molecule has 1 aromatic heterocycles. The lowest BCUT2D eigenvalue weighted by Gasteiger charge is -2.20. The molecule has 1 amide bonds. The number of rotatable bonds is 5. The summed E-state index contributed by atoms with van der Waals surface area (Å²) in [7, 11) is -3.52. The average Bonchev–Trinajstić information content (AvgIpc) is 3.16. The number of aryl methyl sites for hydroxylation is 1. The number of hydrogen-bond donors (Lipinski definition) is 1. The van der Waals surface area contributed by atoms with E-state index >= 15 is 0 Å². The van der Waals surface area contributed by atoms with Crippen LogP contribution in [0.5, 0.6) is 0 Å². The van der Waals surface area contributed by atoms with Gasteiger partial charge in [0.1, 0.15) is 5.69 Å². The highest BCUT2D eigenvalue weighted by molar-refractivity contribution is 7.90. The van der Waals surface area contributed by atoms with E-state index in [1.165, 1.54) is 6.20 Å². The number of hydrogen-bond acceptors (Lipinski definition) is 5. The SMILES string of the molecule is Cc1cnc(S(C)(=O)=O)nc1C(=O)NCC1(C(C)C)CC1. The number of nitrogens with one attached hydrogen (secondary N) is 1. The number of nitrogens with zero attached hydrogens (tertiary/aromatic N) is 2. The number of amides is 1. The van der Waals surface area contributed by atoms with E-state index < -0.39 is 9.84 Å². The zero-order chi connectivity index (χ0) is 15.8. The van der Waals surface area contributed by atoms with Gasteiger partial charge in [0, 0.05) is 19.0 Å². The molecule has 0 saturated heterocycles. The predicted molar refractivity (Wildman–Crippen MR) is 78.7 cm³/mol. The summed E-state index contributed by atoms with van der Waals surface area (Å²) in [6.07, 6.45) is 4.62. The smallest absolute Gasteiger partial charge is 0.270 e. The lowest BCUT2D eigenvalue weighted by molar-refractivity contribution is 0.0933. The van der Waals surface area contributed by atoms with Gasteiger partial charge in [-0.25, -0.2) is 18.4 Å². The van der Waals surface area contributed by atoms with Gasteiger partial charge in [-0.2, -0.15) is 0 Å². The molecule has 1 N–H and O–H groups in total. The van der Waals surface area contributed by atoms with Crippen molar-refractivity contribution < 1.29 is 13.2 Å². The third kappa shape index (κ3) is 3.40. The molecule has 0 unspecified atom stereocenters. The molecule has 1 heterocycles. The summed E-state index contributed by atoms with van der Waals surface area (Å²) in [6.45, 7) is 6.59. The van der Waals surface area contributed by atoms with Crippen molar-refractivity contribution in [3.05, 3.63) is 17.5 Å². The maximum atomic E-state index is 12.2. The van der Waals surface area contributed by atoms with Crippen molar-refractivity contribution >= 4 is 15.7 Å². The first-order chi connectivity index (χ1) is 9.66. The Bertz CT molecular complexity index is 664. The minimum Gasteiger partial charge on any atom is -0.350 e. The van der Waals surface area contributed by atoms with Gasteiger partial charge < -0.3 is 5.32 Å². The Morgan fingerprint density at radius 3 is 2.52 bits per heavy atom. The maximum Gasteiger partial charge on any atom is 0.270 e. The fourth-order valence-corrected chi connectivity index (χ4v) is 2.79. The Hall–Kier alpha value is -1.50. The Kier molecular flexibility index (Phi) is 4.06. The summed E-state index contributed by atoms with van der Waals surface area (Å²) >= 11 is 0. The summed E-state index contributed by atoms with van der Waals surface area (Å²) in [5.41, 5.74) is 0.885. The number of sulfone groups is 1. The van der Waals surface area contributed by atoms with E-state index in [1.807, 2.05) is 0 Å². The quantitative estimate of drug-likeness (QED) is 0.829. The standard InChI is InChI=1S/C14H21N3O3S/c1-9(2)14(5-6-14)8-16-12(18)11-10(3)7-15-13(17-11)21(4,19)20/h7,9H,5-6,8H2,1-4H3,(H,16,18). The van der Waals surface area contributed by atoms with Crippen LogP contribution in [0.15, 0.2) is 11.4 Å². The molecule has 0 aromatic carbocycles. The normalized spacial score (nSPS) is 16.8. The van der Waals surface area contributed by atoms with Crippen LogP contribution in [0.4, 0.5) is 0 Å². The van der Waals surface area contributed by atoms with Crippen molar-refractivity contribution in [3.8, 4) is 0 Å². The summed E-state index contributed by atoms with van der Waals surface area (Å²) < 4.78 is 23.0. The van der Waals surface area contributed by atoms with E-state index in [1.54, 1.807) is 6.92 Å². The topological polar surface area (TPSA) is 89.0 Å². The second kappa shape index (κ2) is 5.36. The van der Waals surface area contributed by atoms with Gasteiger partial charge in [-0.1, -0.05) is 13.8 Å². The molecule has 2 rings (SSSR count). The monoisotopic (exact) mass is 311 g/mol. The first-order valence-corrected chi connectivity index (χ1v) is 8.87. The van der Waals surface area contributed by atoms with Crippen LogP contribution in [0.3, 0.4) is 0 Å². The lowest BCUT2D eigenvalue weighted by atomic mass is 9.92. The van der Waals surface area contributed by atoms with E-state index in [0.29, 0.717) is 18.0 Å². The van der Waals surface area contributed by atoms with Crippen molar-refractivity contribution in [3.63, 3.8) is 0 Å². The maximum absolute atomic E-state index is 12.2. The Morgan fingerprint density at radius 1 is 1.43 bits per heavy atom. The van der Waals surface area contributed by atoms with Gasteiger partial charge in [0.15, 0.2) is 0 Å². The van der Waals surface area contributed by atoms with Crippen LogP contribution in [-0.2, 0) is 9.84 Å². The van der Waals surface area contributed by atoms with Crippen LogP contribution in [-0.4, -0.2) is 37.1 Å². The number of carbonyl (C=O) groups excluding carboxylic acids is 1. The second-order valence-corrected chi connectivity index (χ2v) is 8.07. The minimum absolute atomic E-state index is 0.130. The molecule has 0 bridgehead atoms. The molecule has 0 spiro atoms. The van der Waals surface area contributed by atoms with E-state index in [9.17, 15) is 13.2 Å². The fraction of sp³-hybridized carbons (Fsp3) is 0.643. The van der Waals surface area contributed by atoms with Crippen LogP contribution in [0, 0.1) is 18.3 Å². The van der Waals surface area contributed by atoms with Crippen molar-refractivity contribution in [2.45, 2.75) is 38.8 Å². The van der Waals surface area contributed by atoms with Gasteiger partial charge in [-0.3, -0.25) is 4.79 Å². The third-order valence-corrected chi connectivity index (χ3v) is 5.07. The highest BCUT2D eigenvalue weighted by Gasteiger charge is 2.45. The van der Waals surface area contributed by atoms with Crippen molar-refractivity contribution in [2.24, 2.45) is 11.3 Å². The van der Waals surface area contributed by atoms with Crippen LogP contribution in [0.25, 0.3) is 0 Å². The van der Waals surface area contributed by atoms with Crippen molar-refractivity contribution in [2.75, 3.05) is 12.8 Å². The molecule has 116 valence electrons. The van der Waals surface area contributed by atoms with Crippen LogP contribution in [0.2, 0.25) is 0 Å². The Labute approximate surface area is 125 Å². The molecule has 1 fully saturated rings. The Balaban J connectivity index is 2.16. The van der Waals surface area contributed by atoms with Gasteiger partial charge >= 0.3 is 0 Å². The first kappa shape index (κ1) is 15.9. The summed E-state index contributed by atoms with van der Waals surface area (Å²) in [5.74, 6) is 0.169. The largest absolute Gasteiger partial charge is 0.350 e. The molecule has 1 aromatic rings. The van der Waals surface area contributed by atoms with E-state index in [0.717, 1.165) is 19.1 Å². The molecule has 6 nitrogen and oxygen atoms in total. The molecule has 0 atom stereocenters. The van der Waals surface area contributed by atoms with Crippen LogP contribution in [0.1, 0.15) is 42.7 Å². The minimum atomic E-state index is -3.52. The van der Waals surface area contributed by atoms with E-state index in [4.69, 9.17) is 0 Å². The average molecular weight is 311 g/mol. The molecule has 1 aliphatic rings. The Morgan fingerprint density at radius 2 is 2.05 bits per heavy atom. The number of carbonyl (C=O) groups is 1. The van der Waals surface area contributed by atoms with Crippen molar-refractivity contribution in [1.82, 2.24) is 15.3 Å². The fourth-order valence-electron chi connectivity index (χ4n) is 2.29. The third-order valence-electron chi connectivity index (χ3n) is 4.21. The van der Waals surface area contributed by atoms with Crippen LogP contribution < -0.4 is 5.32 Å². The molecule has 1 saturated carbocycles. The zero-order valence-corrected chi connectivity index (χ0v) is 13.6. The van der Waals surface area contributed by atoms with Crippen LogP contribution >= 0.6 is 0 Å². The molecular formula is C14H21N3O3S. The summed E-state index contributed by atoms with van der Waals surface area (Å²) in [6, 6.07) is 0. The molecule has 1 aliphatic carbocycles.